The summed E-state index contributed by atoms with van der Waals surface area (Å²) < 4.78 is 52.1. The Morgan fingerprint density at radius 3 is 2.61 bits per heavy atom. The van der Waals surface area contributed by atoms with Crippen LogP contribution in [-0.2, 0) is 16.1 Å². The first-order valence-electron chi connectivity index (χ1n) is 7.02. The second-order valence-corrected chi connectivity index (χ2v) is 6.53. The number of nitrogens with two attached hydrogens (primary N) is 2. The fourth-order valence-corrected chi connectivity index (χ4v) is 3.47. The lowest BCUT2D eigenvalue weighted by Crippen LogP contribution is -2.26. The Morgan fingerprint density at radius 2 is 2.04 bits per heavy atom. The number of halogens is 2. The average Bonchev–Trinajstić information content (AvgIpc) is 3.06. The van der Waals surface area contributed by atoms with E-state index in [-0.39, 0.29) is 10.3 Å². The summed E-state index contributed by atoms with van der Waals surface area (Å²) in [5.41, 5.74) is 9.07. The number of nitrogens with one attached hydrogen (secondary N) is 1. The molecular formula is C13H11F2N6O5S2-. The minimum atomic E-state index is -3.20. The summed E-state index contributed by atoms with van der Waals surface area (Å²) in [5, 5.41) is 10.6. The van der Waals surface area contributed by atoms with Gasteiger partial charge < -0.3 is 26.4 Å². The molecule has 0 fully saturated rings. The molecular weight excluding hydrogens is 422 g/mol. The average molecular weight is 433 g/mol. The number of guanidine groups is 1. The van der Waals surface area contributed by atoms with E-state index in [0.29, 0.717) is 23.5 Å². The molecule has 1 heterocycles. The van der Waals surface area contributed by atoms with Gasteiger partial charge in [-0.1, -0.05) is 0 Å². The molecule has 0 spiro atoms. The molecule has 0 aliphatic carbocycles. The number of benzene rings is 1. The molecule has 0 aliphatic rings. The Balaban J connectivity index is 2.42. The molecule has 0 aliphatic heterocycles. The summed E-state index contributed by atoms with van der Waals surface area (Å²) in [5.74, 6) is -5.25. The number of carboxylic acids is 1. The SMILES string of the molecule is NC(N)=NCC(=O)Nc1cc(F)c(N(c2scnc2C(=O)O)S(=O)[O-])cc1F. The lowest BCUT2D eigenvalue weighted by atomic mass is 10.2. The minimum Gasteiger partial charge on any atom is -0.755 e. The van der Waals surface area contributed by atoms with Crippen LogP contribution >= 0.6 is 11.3 Å². The number of carbonyl (C=O) groups excluding carboxylic acids is 1. The van der Waals surface area contributed by atoms with Crippen LogP contribution in [0.25, 0.3) is 0 Å². The van der Waals surface area contributed by atoms with Crippen LogP contribution in [0.5, 0.6) is 0 Å². The van der Waals surface area contributed by atoms with Crippen LogP contribution in [-0.4, -0.2) is 43.2 Å². The zero-order valence-corrected chi connectivity index (χ0v) is 15.2. The molecule has 6 N–H and O–H groups in total. The summed E-state index contributed by atoms with van der Waals surface area (Å²) >= 11 is -2.61. The number of hydrogen-bond acceptors (Lipinski definition) is 7. The van der Waals surface area contributed by atoms with Crippen LogP contribution in [0.15, 0.2) is 22.6 Å². The third-order valence-electron chi connectivity index (χ3n) is 3.02. The Bertz CT molecular complexity index is 978. The number of anilines is 3. The number of rotatable bonds is 7. The van der Waals surface area contributed by atoms with Crippen molar-refractivity contribution in [3.8, 4) is 0 Å². The van der Waals surface area contributed by atoms with Gasteiger partial charge in [-0.05, 0) is 0 Å². The fourth-order valence-electron chi connectivity index (χ4n) is 1.93. The van der Waals surface area contributed by atoms with E-state index in [9.17, 15) is 27.1 Å². The van der Waals surface area contributed by atoms with Gasteiger partial charge in [0.05, 0.1) is 28.2 Å². The molecule has 28 heavy (non-hydrogen) atoms. The molecule has 15 heteroatoms. The zero-order valence-electron chi connectivity index (χ0n) is 13.6. The van der Waals surface area contributed by atoms with Crippen molar-refractivity contribution in [3.05, 3.63) is 35.0 Å². The Kier molecular flexibility index (Phi) is 6.55. The standard InChI is InChI=1S/C13H12F2N6O5S2/c14-5-2-8(6(15)1-7(5)20-9(22)3-18-13(16)17)21(28(25)26)11-10(12(23)24)19-4-27-11/h1-2,4H,3H2,(H,20,22)(H,23,24)(H,25,26)(H4,16,17,18)/p-1. The summed E-state index contributed by atoms with van der Waals surface area (Å²) in [7, 11) is 0. The van der Waals surface area contributed by atoms with E-state index in [1.165, 1.54) is 0 Å². The van der Waals surface area contributed by atoms with Crippen LogP contribution in [0.3, 0.4) is 0 Å². The van der Waals surface area contributed by atoms with Crippen LogP contribution in [0, 0.1) is 11.6 Å². The molecule has 2 rings (SSSR count). The van der Waals surface area contributed by atoms with Gasteiger partial charge in [-0.2, -0.15) is 0 Å². The number of carbonyl (C=O) groups is 2. The molecule has 1 amide bonds. The van der Waals surface area contributed by atoms with Gasteiger partial charge in [-0.25, -0.2) is 23.6 Å². The zero-order chi connectivity index (χ0) is 21.0. The number of nitrogens with zero attached hydrogens (tertiary/aromatic N) is 3. The molecule has 0 radical (unpaired) electrons. The molecule has 0 bridgehead atoms. The lowest BCUT2D eigenvalue weighted by Gasteiger charge is -2.25. The summed E-state index contributed by atoms with van der Waals surface area (Å²) in [4.78, 5) is 29.6. The van der Waals surface area contributed by atoms with Gasteiger partial charge in [-0.3, -0.25) is 13.3 Å². The number of aromatic nitrogens is 1. The molecule has 0 saturated carbocycles. The van der Waals surface area contributed by atoms with E-state index < -0.39 is 63.4 Å². The smallest absolute Gasteiger partial charge is 0.357 e. The number of hydrogen-bond donors (Lipinski definition) is 4. The molecule has 0 saturated heterocycles. The van der Waals surface area contributed by atoms with E-state index in [4.69, 9.17) is 16.6 Å². The largest absolute Gasteiger partial charge is 0.755 e. The first-order chi connectivity index (χ1) is 13.1. The highest BCUT2D eigenvalue weighted by atomic mass is 32.2. The maximum Gasteiger partial charge on any atom is 0.357 e. The monoisotopic (exact) mass is 433 g/mol. The normalized spacial score (nSPS) is 11.5. The van der Waals surface area contributed by atoms with E-state index >= 15 is 0 Å². The molecule has 1 aromatic heterocycles. The van der Waals surface area contributed by atoms with Gasteiger partial charge in [0.25, 0.3) is 0 Å². The van der Waals surface area contributed by atoms with Crippen molar-refractivity contribution in [2.75, 3.05) is 16.2 Å². The molecule has 2 aromatic rings. The second-order valence-electron chi connectivity index (χ2n) is 4.90. The number of aromatic carboxylic acids is 1. The quantitative estimate of drug-likeness (QED) is 0.272. The third-order valence-corrected chi connectivity index (χ3v) is 4.62. The topological polar surface area (TPSA) is 187 Å². The van der Waals surface area contributed by atoms with E-state index in [1.807, 2.05) is 5.32 Å². The highest BCUT2D eigenvalue weighted by molar-refractivity contribution is 7.81. The van der Waals surface area contributed by atoms with E-state index in [1.54, 1.807) is 0 Å². The van der Waals surface area contributed by atoms with Crippen molar-refractivity contribution in [3.63, 3.8) is 0 Å². The number of carboxylic acid groups (broad SMARTS) is 1. The first kappa shape index (κ1) is 21.1. The van der Waals surface area contributed by atoms with Gasteiger partial charge in [0.2, 0.25) is 5.91 Å². The van der Waals surface area contributed by atoms with Crippen LogP contribution < -0.4 is 21.1 Å². The van der Waals surface area contributed by atoms with Crippen molar-refractivity contribution in [1.29, 1.82) is 0 Å². The van der Waals surface area contributed by atoms with Crippen molar-refractivity contribution in [1.82, 2.24) is 4.98 Å². The predicted molar refractivity (Wildman–Crippen MR) is 95.8 cm³/mol. The summed E-state index contributed by atoms with van der Waals surface area (Å²) in [6.45, 7) is -0.551. The summed E-state index contributed by atoms with van der Waals surface area (Å²) in [6.07, 6.45) is 0. The van der Waals surface area contributed by atoms with Crippen molar-refractivity contribution in [2.24, 2.45) is 16.5 Å². The molecule has 1 atom stereocenters. The first-order valence-corrected chi connectivity index (χ1v) is 8.93. The highest BCUT2D eigenvalue weighted by Crippen LogP contribution is 2.36. The molecule has 150 valence electrons. The van der Waals surface area contributed by atoms with Crippen LogP contribution in [0.4, 0.5) is 25.2 Å². The third kappa shape index (κ3) is 4.76. The van der Waals surface area contributed by atoms with E-state index in [2.05, 4.69) is 9.98 Å². The molecule has 11 nitrogen and oxygen atoms in total. The maximum absolute atomic E-state index is 14.5. The van der Waals surface area contributed by atoms with Crippen molar-refractivity contribution >= 4 is 56.8 Å². The number of amides is 1. The number of aliphatic imine (C=N–C) groups is 1. The predicted octanol–water partition coefficient (Wildman–Crippen LogP) is 0.264. The number of thiazole rings is 1. The second kappa shape index (κ2) is 8.68. The van der Waals surface area contributed by atoms with Crippen molar-refractivity contribution in [2.45, 2.75) is 0 Å². The fraction of sp³-hybridized carbons (Fsp3) is 0.0769. The van der Waals surface area contributed by atoms with E-state index in [0.717, 1.165) is 5.51 Å². The van der Waals surface area contributed by atoms with Gasteiger partial charge in [0, 0.05) is 12.1 Å². The Hall–Kier alpha value is -3.17. The van der Waals surface area contributed by atoms with Crippen molar-refractivity contribution < 1.29 is 32.2 Å². The molecule has 1 aromatic carbocycles. The van der Waals surface area contributed by atoms with Crippen LogP contribution in [0.1, 0.15) is 10.5 Å². The minimum absolute atomic E-state index is 0.241. The van der Waals surface area contributed by atoms with Crippen LogP contribution in [0.2, 0.25) is 0 Å². The Morgan fingerprint density at radius 1 is 1.36 bits per heavy atom. The van der Waals surface area contributed by atoms with Gasteiger partial charge in [0.15, 0.2) is 11.7 Å². The van der Waals surface area contributed by atoms with Gasteiger partial charge in [0.1, 0.15) is 23.2 Å². The molecule has 1 unspecified atom stereocenters. The lowest BCUT2D eigenvalue weighted by molar-refractivity contribution is -0.114. The van der Waals surface area contributed by atoms with Gasteiger partial charge in [-0.15, -0.1) is 11.3 Å². The maximum atomic E-state index is 14.5. The van der Waals surface area contributed by atoms with Gasteiger partial charge >= 0.3 is 5.97 Å². The summed E-state index contributed by atoms with van der Waals surface area (Å²) in [6, 6.07) is 1.01. The highest BCUT2D eigenvalue weighted by Gasteiger charge is 2.25. The Labute approximate surface area is 162 Å².